The van der Waals surface area contributed by atoms with E-state index in [4.69, 9.17) is 4.42 Å². The molecule has 0 bridgehead atoms. The Hall–Kier alpha value is -2.42. The second-order valence-corrected chi connectivity index (χ2v) is 9.89. The Labute approximate surface area is 176 Å². The van der Waals surface area contributed by atoms with Crippen LogP contribution in [-0.4, -0.2) is 48.4 Å². The molecule has 0 spiro atoms. The van der Waals surface area contributed by atoms with Crippen molar-refractivity contribution in [2.45, 2.75) is 39.3 Å². The smallest absolute Gasteiger partial charge is 0.408 e. The van der Waals surface area contributed by atoms with Gasteiger partial charge in [-0.25, -0.2) is 13.2 Å². The average Bonchev–Trinajstić information content (AvgIpc) is 3.02. The number of hydrogen-bond acceptors (Lipinski definition) is 5. The molecule has 2 aromatic carbocycles. The third kappa shape index (κ3) is 3.49. The van der Waals surface area contributed by atoms with Gasteiger partial charge < -0.3 is 4.42 Å². The number of rotatable bonds is 4. The molecule has 1 aliphatic heterocycles. The maximum absolute atomic E-state index is 13.4. The molecule has 7 nitrogen and oxygen atoms in total. The van der Waals surface area contributed by atoms with Crippen LogP contribution in [0.3, 0.4) is 0 Å². The number of aromatic nitrogens is 1. The van der Waals surface area contributed by atoms with Crippen LogP contribution in [0.25, 0.3) is 11.1 Å². The molecule has 3 aromatic rings. The number of nitrogens with zero attached hydrogens (tertiary/aromatic N) is 3. The van der Waals surface area contributed by atoms with Crippen molar-refractivity contribution in [1.29, 1.82) is 0 Å². The first-order valence-electron chi connectivity index (χ1n) is 10.1. The lowest BCUT2D eigenvalue weighted by Crippen LogP contribution is -2.49. The van der Waals surface area contributed by atoms with E-state index in [2.05, 4.69) is 4.90 Å². The Bertz CT molecular complexity index is 1240. The first-order chi connectivity index (χ1) is 14.2. The predicted octanol–water partition coefficient (Wildman–Crippen LogP) is 2.79. The van der Waals surface area contributed by atoms with E-state index in [1.807, 2.05) is 52.0 Å². The summed E-state index contributed by atoms with van der Waals surface area (Å²) in [5.41, 5.74) is 4.92. The Morgan fingerprint density at radius 1 is 0.933 bits per heavy atom. The monoisotopic (exact) mass is 429 g/mol. The number of oxazole rings is 1. The van der Waals surface area contributed by atoms with Gasteiger partial charge in [-0.3, -0.25) is 9.47 Å². The summed E-state index contributed by atoms with van der Waals surface area (Å²) in [4.78, 5) is 14.7. The van der Waals surface area contributed by atoms with Crippen LogP contribution >= 0.6 is 0 Å². The minimum absolute atomic E-state index is 0.380. The number of para-hydroxylation sites is 2. The van der Waals surface area contributed by atoms with Gasteiger partial charge in [0.1, 0.15) is 0 Å². The van der Waals surface area contributed by atoms with E-state index < -0.39 is 15.8 Å². The highest BCUT2D eigenvalue weighted by Crippen LogP contribution is 2.29. The molecule has 8 heteroatoms. The molecule has 0 saturated carbocycles. The minimum Gasteiger partial charge on any atom is -0.408 e. The van der Waals surface area contributed by atoms with Gasteiger partial charge in [-0.05, 0) is 62.1 Å². The van der Waals surface area contributed by atoms with E-state index in [1.54, 1.807) is 14.9 Å². The van der Waals surface area contributed by atoms with Crippen molar-refractivity contribution in [2.75, 3.05) is 26.2 Å². The second kappa shape index (κ2) is 7.68. The van der Waals surface area contributed by atoms with Crippen LogP contribution < -0.4 is 5.76 Å². The molecule has 0 aliphatic carbocycles. The van der Waals surface area contributed by atoms with Crippen LogP contribution in [0.2, 0.25) is 0 Å². The summed E-state index contributed by atoms with van der Waals surface area (Å²) in [6.45, 7) is 9.91. The van der Waals surface area contributed by atoms with Gasteiger partial charge in [-0.2, -0.15) is 4.31 Å². The SMILES string of the molecule is Cc1cc(C)c(C)c(S(=O)(=O)N2CCN(Cn3c(=O)oc4ccccc43)CC2)c1C. The summed E-state index contributed by atoms with van der Waals surface area (Å²) in [5.74, 6) is -0.396. The van der Waals surface area contributed by atoms with Crippen molar-refractivity contribution in [1.82, 2.24) is 13.8 Å². The standard InChI is InChI=1S/C22H27N3O4S/c1-15-13-16(2)18(4)21(17(15)3)30(27,28)24-11-9-23(10-12-24)14-25-19-7-5-6-8-20(19)29-22(25)26/h5-8,13H,9-12,14H2,1-4H3. The molecule has 30 heavy (non-hydrogen) atoms. The second-order valence-electron chi connectivity index (χ2n) is 8.02. The highest BCUT2D eigenvalue weighted by molar-refractivity contribution is 7.89. The van der Waals surface area contributed by atoms with Crippen molar-refractivity contribution in [2.24, 2.45) is 0 Å². The van der Waals surface area contributed by atoms with Gasteiger partial charge in [-0.15, -0.1) is 0 Å². The van der Waals surface area contributed by atoms with Gasteiger partial charge in [-0.1, -0.05) is 18.2 Å². The van der Waals surface area contributed by atoms with Gasteiger partial charge in [0.2, 0.25) is 10.0 Å². The Morgan fingerprint density at radius 3 is 2.17 bits per heavy atom. The molecular weight excluding hydrogens is 402 g/mol. The summed E-state index contributed by atoms with van der Waals surface area (Å²) in [6.07, 6.45) is 0. The maximum atomic E-state index is 13.4. The number of fused-ring (bicyclic) bond motifs is 1. The summed E-state index contributed by atoms with van der Waals surface area (Å²) in [5, 5.41) is 0. The third-order valence-electron chi connectivity index (χ3n) is 6.14. The average molecular weight is 430 g/mol. The number of sulfonamides is 1. The molecule has 0 amide bonds. The normalized spacial score (nSPS) is 16.4. The van der Waals surface area contributed by atoms with E-state index in [0.29, 0.717) is 43.3 Å². The van der Waals surface area contributed by atoms with E-state index in [9.17, 15) is 13.2 Å². The van der Waals surface area contributed by atoms with Crippen molar-refractivity contribution < 1.29 is 12.8 Å². The van der Waals surface area contributed by atoms with Crippen molar-refractivity contribution >= 4 is 21.1 Å². The molecule has 160 valence electrons. The quantitative estimate of drug-likeness (QED) is 0.638. The topological polar surface area (TPSA) is 75.8 Å². The summed E-state index contributed by atoms with van der Waals surface area (Å²) in [6, 6.07) is 9.36. The summed E-state index contributed by atoms with van der Waals surface area (Å²) >= 11 is 0. The molecule has 0 atom stereocenters. The van der Waals surface area contributed by atoms with Gasteiger partial charge in [0, 0.05) is 26.2 Å². The molecule has 1 fully saturated rings. The lowest BCUT2D eigenvalue weighted by Gasteiger charge is -2.34. The lowest BCUT2D eigenvalue weighted by atomic mass is 10.0. The molecule has 2 heterocycles. The molecular formula is C22H27N3O4S. The van der Waals surface area contributed by atoms with Crippen LogP contribution in [0.15, 0.2) is 44.4 Å². The fourth-order valence-electron chi connectivity index (χ4n) is 4.16. The summed E-state index contributed by atoms with van der Waals surface area (Å²) in [7, 11) is -3.58. The van der Waals surface area contributed by atoms with Crippen LogP contribution in [0.5, 0.6) is 0 Å². The van der Waals surface area contributed by atoms with E-state index in [0.717, 1.165) is 27.8 Å². The predicted molar refractivity (Wildman–Crippen MR) is 116 cm³/mol. The van der Waals surface area contributed by atoms with Gasteiger partial charge >= 0.3 is 5.76 Å². The largest absolute Gasteiger partial charge is 0.421 e. The highest BCUT2D eigenvalue weighted by Gasteiger charge is 2.32. The fourth-order valence-corrected chi connectivity index (χ4v) is 6.15. The molecule has 0 radical (unpaired) electrons. The van der Waals surface area contributed by atoms with E-state index in [-0.39, 0.29) is 0 Å². The van der Waals surface area contributed by atoms with Crippen LogP contribution in [0.4, 0.5) is 0 Å². The zero-order valence-electron chi connectivity index (χ0n) is 17.8. The van der Waals surface area contributed by atoms with Crippen LogP contribution in [0, 0.1) is 27.7 Å². The Kier molecular flexibility index (Phi) is 5.34. The number of hydrogen-bond donors (Lipinski definition) is 0. The van der Waals surface area contributed by atoms with Crippen molar-refractivity contribution in [3.63, 3.8) is 0 Å². The van der Waals surface area contributed by atoms with Crippen LogP contribution in [-0.2, 0) is 16.7 Å². The first-order valence-corrected chi connectivity index (χ1v) is 11.5. The number of aryl methyl sites for hydroxylation is 2. The van der Waals surface area contributed by atoms with Crippen LogP contribution in [0.1, 0.15) is 22.3 Å². The van der Waals surface area contributed by atoms with Gasteiger partial charge in [0.05, 0.1) is 17.1 Å². The zero-order chi connectivity index (χ0) is 21.6. The summed E-state index contributed by atoms with van der Waals surface area (Å²) < 4.78 is 35.3. The van der Waals surface area contributed by atoms with E-state index >= 15 is 0 Å². The lowest BCUT2D eigenvalue weighted by molar-refractivity contribution is 0.150. The Morgan fingerprint density at radius 2 is 1.53 bits per heavy atom. The first kappa shape index (κ1) is 20.8. The van der Waals surface area contributed by atoms with Crippen molar-refractivity contribution in [3.05, 3.63) is 63.1 Å². The molecule has 1 aromatic heterocycles. The zero-order valence-corrected chi connectivity index (χ0v) is 18.6. The number of benzene rings is 2. The van der Waals surface area contributed by atoms with E-state index in [1.165, 1.54) is 0 Å². The molecule has 4 rings (SSSR count). The highest BCUT2D eigenvalue weighted by atomic mass is 32.2. The Balaban J connectivity index is 1.54. The maximum Gasteiger partial charge on any atom is 0.421 e. The fraction of sp³-hybridized carbons (Fsp3) is 0.409. The number of piperazine rings is 1. The van der Waals surface area contributed by atoms with Crippen molar-refractivity contribution in [3.8, 4) is 0 Å². The molecule has 0 N–H and O–H groups in total. The minimum atomic E-state index is -3.58. The van der Waals surface area contributed by atoms with Gasteiger partial charge in [0.25, 0.3) is 0 Å². The molecule has 0 unspecified atom stereocenters. The van der Waals surface area contributed by atoms with Gasteiger partial charge in [0.15, 0.2) is 5.58 Å². The molecule has 1 aliphatic rings. The molecule has 1 saturated heterocycles. The third-order valence-corrected chi connectivity index (χ3v) is 8.31.